The summed E-state index contributed by atoms with van der Waals surface area (Å²) in [5, 5.41) is 11.8. The summed E-state index contributed by atoms with van der Waals surface area (Å²) >= 11 is 0. The van der Waals surface area contributed by atoms with Crippen LogP contribution in [0.25, 0.3) is 6.08 Å². The summed E-state index contributed by atoms with van der Waals surface area (Å²) in [4.78, 5) is 15.2. The second-order valence-electron chi connectivity index (χ2n) is 3.41. The number of guanidine groups is 1. The molecular formula is C11H11N3O3. The Balaban J connectivity index is 2.36. The number of amides is 1. The predicted molar refractivity (Wildman–Crippen MR) is 62.4 cm³/mol. The normalized spacial score (nSPS) is 16.9. The Morgan fingerprint density at radius 3 is 2.88 bits per heavy atom. The van der Waals surface area contributed by atoms with E-state index in [0.717, 1.165) is 0 Å². The van der Waals surface area contributed by atoms with Gasteiger partial charge in [-0.1, -0.05) is 6.07 Å². The van der Waals surface area contributed by atoms with Gasteiger partial charge in [0.1, 0.15) is 5.70 Å². The first-order valence-electron chi connectivity index (χ1n) is 4.84. The van der Waals surface area contributed by atoms with Crippen LogP contribution in [0.3, 0.4) is 0 Å². The van der Waals surface area contributed by atoms with Crippen LogP contribution in [0, 0.1) is 0 Å². The molecule has 0 bridgehead atoms. The first-order chi connectivity index (χ1) is 8.10. The number of phenols is 1. The van der Waals surface area contributed by atoms with E-state index in [9.17, 15) is 9.90 Å². The number of phenolic OH excluding ortho intramolecular Hbond substituents is 1. The Morgan fingerprint density at radius 1 is 1.53 bits per heavy atom. The molecule has 6 nitrogen and oxygen atoms in total. The van der Waals surface area contributed by atoms with Gasteiger partial charge in [-0.3, -0.25) is 10.1 Å². The molecule has 1 aliphatic heterocycles. The van der Waals surface area contributed by atoms with Crippen molar-refractivity contribution >= 4 is 17.9 Å². The molecule has 0 aliphatic carbocycles. The lowest BCUT2D eigenvalue weighted by Crippen LogP contribution is -2.30. The molecule has 1 amide bonds. The molecular weight excluding hydrogens is 222 g/mol. The second kappa shape index (κ2) is 4.17. The molecule has 1 aromatic rings. The van der Waals surface area contributed by atoms with Gasteiger partial charge in [0.15, 0.2) is 11.5 Å². The van der Waals surface area contributed by atoms with Gasteiger partial charge in [0.25, 0.3) is 5.91 Å². The zero-order valence-corrected chi connectivity index (χ0v) is 9.10. The van der Waals surface area contributed by atoms with Gasteiger partial charge in [-0.05, 0) is 23.8 Å². The van der Waals surface area contributed by atoms with Crippen LogP contribution in [0.2, 0.25) is 0 Å². The van der Waals surface area contributed by atoms with E-state index in [1.54, 1.807) is 18.2 Å². The number of hydrogen-bond donors (Lipinski definition) is 3. The molecule has 0 saturated heterocycles. The van der Waals surface area contributed by atoms with E-state index in [2.05, 4.69) is 10.3 Å². The van der Waals surface area contributed by atoms with Gasteiger partial charge in [0, 0.05) is 0 Å². The number of hydrogen-bond acceptors (Lipinski definition) is 5. The molecule has 0 atom stereocenters. The van der Waals surface area contributed by atoms with Gasteiger partial charge in [0.05, 0.1) is 7.11 Å². The Kier molecular flexibility index (Phi) is 2.70. The SMILES string of the molecule is COc1cc(/C=C2/N=C(N)NC2=O)ccc1O. The van der Waals surface area contributed by atoms with Crippen molar-refractivity contribution in [3.63, 3.8) is 0 Å². The van der Waals surface area contributed by atoms with E-state index in [0.29, 0.717) is 11.3 Å². The smallest absolute Gasteiger partial charge is 0.276 e. The van der Waals surface area contributed by atoms with E-state index < -0.39 is 0 Å². The fraction of sp³-hybridized carbons (Fsp3) is 0.0909. The van der Waals surface area contributed by atoms with E-state index in [1.807, 2.05) is 0 Å². The van der Waals surface area contributed by atoms with E-state index in [-0.39, 0.29) is 23.3 Å². The molecule has 6 heteroatoms. The summed E-state index contributed by atoms with van der Waals surface area (Å²) in [6, 6.07) is 4.72. The Labute approximate surface area is 97.4 Å². The molecule has 0 saturated carbocycles. The van der Waals surface area contributed by atoms with Crippen molar-refractivity contribution in [1.29, 1.82) is 0 Å². The third kappa shape index (κ3) is 2.20. The molecule has 0 unspecified atom stereocenters. The molecule has 1 aliphatic rings. The molecule has 0 aromatic heterocycles. The van der Waals surface area contributed by atoms with Crippen LogP contribution in [-0.2, 0) is 4.79 Å². The molecule has 1 heterocycles. The molecule has 0 spiro atoms. The Bertz CT molecular complexity index is 535. The van der Waals surface area contributed by atoms with Gasteiger partial charge in [0.2, 0.25) is 5.96 Å². The molecule has 4 N–H and O–H groups in total. The number of carbonyl (C=O) groups is 1. The van der Waals surface area contributed by atoms with E-state index in [4.69, 9.17) is 10.5 Å². The quantitative estimate of drug-likeness (QED) is 0.635. The number of ether oxygens (including phenoxy) is 1. The predicted octanol–water partition coefficient (Wildman–Crippen LogP) is 0.186. The minimum atomic E-state index is -0.352. The third-order valence-corrected chi connectivity index (χ3v) is 2.22. The molecule has 17 heavy (non-hydrogen) atoms. The van der Waals surface area contributed by atoms with Crippen molar-refractivity contribution in [2.24, 2.45) is 10.7 Å². The van der Waals surface area contributed by atoms with Crippen LogP contribution in [-0.4, -0.2) is 24.1 Å². The number of carbonyl (C=O) groups excluding carboxylic acids is 1. The van der Waals surface area contributed by atoms with Crippen molar-refractivity contribution in [1.82, 2.24) is 5.32 Å². The average Bonchev–Trinajstić information content (AvgIpc) is 2.60. The molecule has 2 rings (SSSR count). The molecule has 88 valence electrons. The highest BCUT2D eigenvalue weighted by atomic mass is 16.5. The maximum Gasteiger partial charge on any atom is 0.276 e. The lowest BCUT2D eigenvalue weighted by atomic mass is 10.1. The topological polar surface area (TPSA) is 96.9 Å². The molecule has 1 aromatic carbocycles. The van der Waals surface area contributed by atoms with Gasteiger partial charge in [-0.2, -0.15) is 0 Å². The van der Waals surface area contributed by atoms with Crippen LogP contribution < -0.4 is 15.8 Å². The standard InChI is InChI=1S/C11H11N3O3/c1-17-9-5-6(2-3-8(9)15)4-7-10(16)14-11(12)13-7/h2-5,15H,1H3,(H3,12,13,14,16)/b7-4+. The first-order valence-corrected chi connectivity index (χ1v) is 4.84. The summed E-state index contributed by atoms with van der Waals surface area (Å²) in [7, 11) is 1.45. The summed E-state index contributed by atoms with van der Waals surface area (Å²) in [5.41, 5.74) is 6.26. The minimum absolute atomic E-state index is 0.0357. The van der Waals surface area contributed by atoms with Crippen molar-refractivity contribution in [3.8, 4) is 11.5 Å². The minimum Gasteiger partial charge on any atom is -0.504 e. The number of aliphatic imine (C=N–C) groups is 1. The van der Waals surface area contributed by atoms with Crippen molar-refractivity contribution < 1.29 is 14.6 Å². The van der Waals surface area contributed by atoms with Crippen molar-refractivity contribution in [2.75, 3.05) is 7.11 Å². The summed E-state index contributed by atoms with van der Waals surface area (Å²) < 4.78 is 4.96. The van der Waals surface area contributed by atoms with Gasteiger partial charge < -0.3 is 15.6 Å². The second-order valence-corrected chi connectivity index (χ2v) is 3.41. The molecule has 0 fully saturated rings. The zero-order chi connectivity index (χ0) is 12.4. The fourth-order valence-electron chi connectivity index (χ4n) is 1.43. The average molecular weight is 233 g/mol. The van der Waals surface area contributed by atoms with Crippen LogP contribution in [0.5, 0.6) is 11.5 Å². The lowest BCUT2D eigenvalue weighted by molar-refractivity contribution is -0.115. The maximum absolute atomic E-state index is 11.4. The van der Waals surface area contributed by atoms with Gasteiger partial charge in [-0.15, -0.1) is 0 Å². The highest BCUT2D eigenvalue weighted by Gasteiger charge is 2.17. The summed E-state index contributed by atoms with van der Waals surface area (Å²) in [5.74, 6) is 0.0878. The van der Waals surface area contributed by atoms with Gasteiger partial charge in [-0.25, -0.2) is 4.99 Å². The van der Waals surface area contributed by atoms with Gasteiger partial charge >= 0.3 is 0 Å². The number of rotatable bonds is 2. The Hall–Kier alpha value is -2.50. The molecule has 0 radical (unpaired) electrons. The highest BCUT2D eigenvalue weighted by molar-refractivity contribution is 6.13. The number of nitrogens with zero attached hydrogens (tertiary/aromatic N) is 1. The largest absolute Gasteiger partial charge is 0.504 e. The zero-order valence-electron chi connectivity index (χ0n) is 9.10. The fourth-order valence-corrected chi connectivity index (χ4v) is 1.43. The van der Waals surface area contributed by atoms with E-state index in [1.165, 1.54) is 13.2 Å². The van der Waals surface area contributed by atoms with Crippen LogP contribution in [0.4, 0.5) is 0 Å². The number of aromatic hydroxyl groups is 1. The van der Waals surface area contributed by atoms with Crippen LogP contribution in [0.1, 0.15) is 5.56 Å². The lowest BCUT2D eigenvalue weighted by Gasteiger charge is -2.03. The first kappa shape index (κ1) is 11.0. The maximum atomic E-state index is 11.4. The van der Waals surface area contributed by atoms with E-state index >= 15 is 0 Å². The number of methoxy groups -OCH3 is 1. The van der Waals surface area contributed by atoms with Crippen molar-refractivity contribution in [2.45, 2.75) is 0 Å². The number of nitrogens with one attached hydrogen (secondary N) is 1. The summed E-state index contributed by atoms with van der Waals surface area (Å²) in [6.45, 7) is 0. The van der Waals surface area contributed by atoms with Crippen LogP contribution in [0.15, 0.2) is 28.9 Å². The summed E-state index contributed by atoms with van der Waals surface area (Å²) in [6.07, 6.45) is 1.55. The highest BCUT2D eigenvalue weighted by Crippen LogP contribution is 2.27. The third-order valence-electron chi connectivity index (χ3n) is 2.22. The van der Waals surface area contributed by atoms with Crippen molar-refractivity contribution in [3.05, 3.63) is 29.5 Å². The van der Waals surface area contributed by atoms with Crippen LogP contribution >= 0.6 is 0 Å². The monoisotopic (exact) mass is 233 g/mol. The number of benzene rings is 1. The number of nitrogens with two attached hydrogens (primary N) is 1. The Morgan fingerprint density at radius 2 is 2.29 bits per heavy atom.